The molecule has 0 amide bonds. The van der Waals surface area contributed by atoms with E-state index in [0.29, 0.717) is 12.1 Å². The zero-order valence-corrected chi connectivity index (χ0v) is 10.2. The normalized spacial score (nSPS) is 28.7. The largest absolute Gasteiger partial charge is 0.316 e. The SMILES string of the molecule is CCC1CCCN(C(C)C(C)NC)C1. The predicted molar refractivity (Wildman–Crippen MR) is 62.6 cm³/mol. The molecule has 2 heteroatoms. The molecular weight excluding hydrogens is 172 g/mol. The van der Waals surface area contributed by atoms with Gasteiger partial charge in [0.15, 0.2) is 0 Å². The molecule has 0 aromatic heterocycles. The number of likely N-dealkylation sites (N-methyl/N-ethyl adjacent to an activating group) is 1. The number of nitrogens with zero attached hydrogens (tertiary/aromatic N) is 1. The average Bonchev–Trinajstić information content (AvgIpc) is 2.27. The van der Waals surface area contributed by atoms with Crippen molar-refractivity contribution in [3.05, 3.63) is 0 Å². The lowest BCUT2D eigenvalue weighted by Gasteiger charge is -2.39. The Morgan fingerprint density at radius 1 is 1.43 bits per heavy atom. The van der Waals surface area contributed by atoms with Gasteiger partial charge in [0.05, 0.1) is 0 Å². The van der Waals surface area contributed by atoms with E-state index in [9.17, 15) is 0 Å². The van der Waals surface area contributed by atoms with Crippen molar-refractivity contribution in [1.29, 1.82) is 0 Å². The van der Waals surface area contributed by atoms with Crippen LogP contribution in [0.15, 0.2) is 0 Å². The molecular formula is C12H26N2. The standard InChI is InChI=1S/C12H26N2/c1-5-12-7-6-8-14(9-12)11(3)10(2)13-4/h10-13H,5-9H2,1-4H3. The Morgan fingerprint density at radius 3 is 2.71 bits per heavy atom. The Morgan fingerprint density at radius 2 is 2.14 bits per heavy atom. The molecule has 0 spiro atoms. The minimum atomic E-state index is 0.602. The number of nitrogens with one attached hydrogen (secondary N) is 1. The van der Waals surface area contributed by atoms with E-state index in [2.05, 4.69) is 38.0 Å². The van der Waals surface area contributed by atoms with Crippen LogP contribution in [-0.4, -0.2) is 37.1 Å². The molecule has 0 saturated carbocycles. The Bertz CT molecular complexity index is 156. The fraction of sp³-hybridized carbons (Fsp3) is 1.00. The summed E-state index contributed by atoms with van der Waals surface area (Å²) in [5.41, 5.74) is 0. The van der Waals surface area contributed by atoms with Crippen LogP contribution >= 0.6 is 0 Å². The van der Waals surface area contributed by atoms with Gasteiger partial charge >= 0.3 is 0 Å². The molecule has 0 aromatic carbocycles. The molecule has 3 unspecified atom stereocenters. The van der Waals surface area contributed by atoms with Gasteiger partial charge in [-0.2, -0.15) is 0 Å². The Balaban J connectivity index is 2.42. The van der Waals surface area contributed by atoms with Crippen LogP contribution in [0.1, 0.15) is 40.0 Å². The third-order valence-electron chi connectivity index (χ3n) is 3.88. The van der Waals surface area contributed by atoms with E-state index in [1.54, 1.807) is 0 Å². The number of likely N-dealkylation sites (tertiary alicyclic amines) is 1. The zero-order valence-electron chi connectivity index (χ0n) is 10.2. The molecule has 1 aliphatic heterocycles. The van der Waals surface area contributed by atoms with Gasteiger partial charge in [-0.25, -0.2) is 0 Å². The maximum atomic E-state index is 3.35. The van der Waals surface area contributed by atoms with Crippen LogP contribution in [0.4, 0.5) is 0 Å². The van der Waals surface area contributed by atoms with Crippen molar-refractivity contribution in [2.45, 2.75) is 52.1 Å². The minimum absolute atomic E-state index is 0.602. The summed E-state index contributed by atoms with van der Waals surface area (Å²) in [4.78, 5) is 2.65. The van der Waals surface area contributed by atoms with Crippen LogP contribution in [-0.2, 0) is 0 Å². The Hall–Kier alpha value is -0.0800. The topological polar surface area (TPSA) is 15.3 Å². The summed E-state index contributed by atoms with van der Waals surface area (Å²) in [5, 5.41) is 3.35. The highest BCUT2D eigenvalue weighted by molar-refractivity contribution is 4.81. The van der Waals surface area contributed by atoms with E-state index in [0.717, 1.165) is 5.92 Å². The number of hydrogen-bond donors (Lipinski definition) is 1. The van der Waals surface area contributed by atoms with Crippen LogP contribution in [0.3, 0.4) is 0 Å². The van der Waals surface area contributed by atoms with Gasteiger partial charge in [-0.05, 0) is 46.2 Å². The monoisotopic (exact) mass is 198 g/mol. The summed E-state index contributed by atoms with van der Waals surface area (Å²) < 4.78 is 0. The number of piperidine rings is 1. The second-order valence-electron chi connectivity index (χ2n) is 4.73. The molecule has 0 bridgehead atoms. The summed E-state index contributed by atoms with van der Waals surface area (Å²) in [5.74, 6) is 0.940. The van der Waals surface area contributed by atoms with Gasteiger partial charge in [-0.3, -0.25) is 4.90 Å². The first-order valence-corrected chi connectivity index (χ1v) is 6.10. The third kappa shape index (κ3) is 2.96. The molecule has 0 radical (unpaired) electrons. The molecule has 1 N–H and O–H groups in total. The van der Waals surface area contributed by atoms with E-state index in [-0.39, 0.29) is 0 Å². The van der Waals surface area contributed by atoms with E-state index >= 15 is 0 Å². The van der Waals surface area contributed by atoms with Crippen molar-refractivity contribution >= 4 is 0 Å². The summed E-state index contributed by atoms with van der Waals surface area (Å²) >= 11 is 0. The van der Waals surface area contributed by atoms with E-state index in [4.69, 9.17) is 0 Å². The van der Waals surface area contributed by atoms with Crippen LogP contribution in [0, 0.1) is 5.92 Å². The lowest BCUT2D eigenvalue weighted by Crippen LogP contribution is -2.49. The minimum Gasteiger partial charge on any atom is -0.316 e. The quantitative estimate of drug-likeness (QED) is 0.744. The summed E-state index contributed by atoms with van der Waals surface area (Å²) in [6, 6.07) is 1.28. The Kier molecular flexibility index (Phi) is 4.90. The lowest BCUT2D eigenvalue weighted by atomic mass is 9.94. The van der Waals surface area contributed by atoms with Crippen LogP contribution in [0.5, 0.6) is 0 Å². The van der Waals surface area contributed by atoms with E-state index < -0.39 is 0 Å². The summed E-state index contributed by atoms with van der Waals surface area (Å²) in [7, 11) is 2.06. The zero-order chi connectivity index (χ0) is 10.6. The fourth-order valence-corrected chi connectivity index (χ4v) is 2.36. The second kappa shape index (κ2) is 5.72. The van der Waals surface area contributed by atoms with Crippen molar-refractivity contribution in [3.63, 3.8) is 0 Å². The van der Waals surface area contributed by atoms with Crippen molar-refractivity contribution in [1.82, 2.24) is 10.2 Å². The molecule has 14 heavy (non-hydrogen) atoms. The highest BCUT2D eigenvalue weighted by Gasteiger charge is 2.24. The van der Waals surface area contributed by atoms with Crippen molar-refractivity contribution in [3.8, 4) is 0 Å². The Labute approximate surface area is 89.1 Å². The molecule has 1 fully saturated rings. The molecule has 1 saturated heterocycles. The molecule has 3 atom stereocenters. The van der Waals surface area contributed by atoms with Gasteiger partial charge in [0.25, 0.3) is 0 Å². The first-order valence-electron chi connectivity index (χ1n) is 6.10. The maximum absolute atomic E-state index is 3.35. The van der Waals surface area contributed by atoms with Crippen LogP contribution in [0.25, 0.3) is 0 Å². The van der Waals surface area contributed by atoms with Crippen molar-refractivity contribution in [2.75, 3.05) is 20.1 Å². The van der Waals surface area contributed by atoms with E-state index in [1.807, 2.05) is 0 Å². The van der Waals surface area contributed by atoms with Gasteiger partial charge in [-0.1, -0.05) is 13.3 Å². The number of hydrogen-bond acceptors (Lipinski definition) is 2. The highest BCUT2D eigenvalue weighted by Crippen LogP contribution is 2.21. The molecule has 1 aliphatic rings. The van der Waals surface area contributed by atoms with Crippen molar-refractivity contribution < 1.29 is 0 Å². The van der Waals surface area contributed by atoms with Gasteiger partial charge in [0.2, 0.25) is 0 Å². The van der Waals surface area contributed by atoms with Crippen LogP contribution < -0.4 is 5.32 Å². The van der Waals surface area contributed by atoms with Crippen molar-refractivity contribution in [2.24, 2.45) is 5.92 Å². The molecule has 2 nitrogen and oxygen atoms in total. The smallest absolute Gasteiger partial charge is 0.0218 e. The van der Waals surface area contributed by atoms with Gasteiger partial charge in [-0.15, -0.1) is 0 Å². The highest BCUT2D eigenvalue weighted by atomic mass is 15.2. The van der Waals surface area contributed by atoms with Crippen LogP contribution in [0.2, 0.25) is 0 Å². The second-order valence-corrected chi connectivity index (χ2v) is 4.73. The number of rotatable bonds is 4. The average molecular weight is 198 g/mol. The van der Waals surface area contributed by atoms with Gasteiger partial charge < -0.3 is 5.32 Å². The molecule has 1 heterocycles. The molecule has 0 aliphatic carbocycles. The van der Waals surface area contributed by atoms with Gasteiger partial charge in [0.1, 0.15) is 0 Å². The fourth-order valence-electron chi connectivity index (χ4n) is 2.36. The lowest BCUT2D eigenvalue weighted by molar-refractivity contribution is 0.111. The maximum Gasteiger partial charge on any atom is 0.0218 e. The predicted octanol–water partition coefficient (Wildman–Crippen LogP) is 2.10. The van der Waals surface area contributed by atoms with Gasteiger partial charge in [0, 0.05) is 18.6 Å². The third-order valence-corrected chi connectivity index (χ3v) is 3.88. The van der Waals surface area contributed by atoms with E-state index in [1.165, 1.54) is 32.4 Å². The first kappa shape index (κ1) is 12.0. The summed E-state index contributed by atoms with van der Waals surface area (Å²) in [6.45, 7) is 9.55. The first-order chi connectivity index (χ1) is 6.69. The summed E-state index contributed by atoms with van der Waals surface area (Å²) in [6.07, 6.45) is 4.17. The molecule has 0 aromatic rings. The molecule has 1 rings (SSSR count). The molecule has 84 valence electrons.